The summed E-state index contributed by atoms with van der Waals surface area (Å²) in [6.07, 6.45) is 6.47. The lowest BCUT2D eigenvalue weighted by molar-refractivity contribution is 0.478. The van der Waals surface area contributed by atoms with Crippen LogP contribution in [0.15, 0.2) is 36.2 Å². The van der Waals surface area contributed by atoms with Crippen LogP contribution in [-0.2, 0) is 6.42 Å². The van der Waals surface area contributed by atoms with Gasteiger partial charge in [-0.3, -0.25) is 0 Å². The molecule has 18 heavy (non-hydrogen) atoms. The molecule has 0 amide bonds. The van der Waals surface area contributed by atoms with Gasteiger partial charge in [-0.1, -0.05) is 5.46 Å². The quantitative estimate of drug-likeness (QED) is 0.720. The first-order valence-corrected chi connectivity index (χ1v) is 6.46. The molecular weight excluding hydrogens is 221 g/mol. The number of hydrogen-bond acceptors (Lipinski definition) is 2. The summed E-state index contributed by atoms with van der Waals surface area (Å²) in [6, 6.07) is 6.14. The lowest BCUT2D eigenvalue weighted by Crippen LogP contribution is -2.09. The van der Waals surface area contributed by atoms with E-state index in [4.69, 9.17) is 7.85 Å². The van der Waals surface area contributed by atoms with E-state index in [0.29, 0.717) is 0 Å². The molecule has 4 heteroatoms. The van der Waals surface area contributed by atoms with Gasteiger partial charge in [0.15, 0.2) is 0 Å². The second-order valence-electron chi connectivity index (χ2n) is 5.33. The van der Waals surface area contributed by atoms with Crippen molar-refractivity contribution in [3.05, 3.63) is 41.9 Å². The van der Waals surface area contributed by atoms with Crippen LogP contribution in [0.4, 0.5) is 0 Å². The van der Waals surface area contributed by atoms with Crippen molar-refractivity contribution in [2.24, 2.45) is 5.92 Å². The molecule has 88 valence electrons. The average Bonchev–Trinajstić information content (AvgIpc) is 3.01. The van der Waals surface area contributed by atoms with Gasteiger partial charge >= 0.3 is 0 Å². The Labute approximate surface area is 108 Å². The summed E-state index contributed by atoms with van der Waals surface area (Å²) in [6.45, 7) is 2.45. The highest BCUT2D eigenvalue weighted by Crippen LogP contribution is 2.33. The van der Waals surface area contributed by atoms with Crippen LogP contribution in [-0.4, -0.2) is 35.4 Å². The van der Waals surface area contributed by atoms with Gasteiger partial charge in [-0.25, -0.2) is 4.52 Å². The molecule has 0 N–H and O–H groups in total. The van der Waals surface area contributed by atoms with Crippen LogP contribution in [0.1, 0.15) is 12.1 Å². The predicted octanol–water partition coefficient (Wildman–Crippen LogP) is 0.890. The van der Waals surface area contributed by atoms with Crippen LogP contribution in [0.3, 0.4) is 0 Å². The molecule has 2 bridgehead atoms. The molecule has 0 aliphatic carbocycles. The number of nitrogens with zero attached hydrogens (tertiary/aromatic N) is 3. The molecule has 2 aromatic rings. The van der Waals surface area contributed by atoms with Crippen LogP contribution in [0, 0.1) is 5.92 Å². The second-order valence-corrected chi connectivity index (χ2v) is 5.33. The molecule has 4 heterocycles. The Bertz CT molecular complexity index is 644. The SMILES string of the molecule is [B]c1cc2ccc(CC3=CN4CCC3C4)nn2c1. The minimum Gasteiger partial charge on any atom is -0.377 e. The van der Waals surface area contributed by atoms with Crippen molar-refractivity contribution in [3.63, 3.8) is 0 Å². The normalized spacial score (nSPS) is 21.9. The van der Waals surface area contributed by atoms with Crippen molar-refractivity contribution in [1.82, 2.24) is 14.5 Å². The van der Waals surface area contributed by atoms with Gasteiger partial charge in [-0.2, -0.15) is 5.10 Å². The van der Waals surface area contributed by atoms with Gasteiger partial charge in [-0.15, -0.1) is 0 Å². The van der Waals surface area contributed by atoms with Crippen LogP contribution >= 0.6 is 0 Å². The Hall–Kier alpha value is -1.71. The Morgan fingerprint density at radius 1 is 1.39 bits per heavy atom. The molecule has 0 spiro atoms. The molecular formula is C14H14BN3. The predicted molar refractivity (Wildman–Crippen MR) is 72.0 cm³/mol. The fourth-order valence-corrected chi connectivity index (χ4v) is 3.09. The summed E-state index contributed by atoms with van der Waals surface area (Å²) in [7, 11) is 5.77. The zero-order chi connectivity index (χ0) is 12.1. The zero-order valence-corrected chi connectivity index (χ0v) is 10.2. The summed E-state index contributed by atoms with van der Waals surface area (Å²) in [5.74, 6) is 0.761. The lowest BCUT2D eigenvalue weighted by atomic mass is 9.96. The standard InChI is InChI=1S/C14H14BN3/c15-12-6-14-2-1-13(16-18(14)9-12)5-11-8-17-4-3-10(11)7-17/h1-2,6,8-10H,3-5,7H2. The molecule has 1 fully saturated rings. The van der Waals surface area contributed by atoms with E-state index in [0.717, 1.165) is 29.0 Å². The minimum absolute atomic E-state index is 0.761. The second kappa shape index (κ2) is 3.64. The van der Waals surface area contributed by atoms with E-state index in [-0.39, 0.29) is 0 Å². The summed E-state index contributed by atoms with van der Waals surface area (Å²) < 4.78 is 1.87. The van der Waals surface area contributed by atoms with E-state index in [1.54, 1.807) is 0 Å². The molecule has 1 atom stereocenters. The highest BCUT2D eigenvalue weighted by Gasteiger charge is 2.30. The first-order valence-electron chi connectivity index (χ1n) is 6.46. The first kappa shape index (κ1) is 10.2. The van der Waals surface area contributed by atoms with Crippen molar-refractivity contribution in [3.8, 4) is 0 Å². The molecule has 1 saturated heterocycles. The highest BCUT2D eigenvalue weighted by molar-refractivity contribution is 6.32. The van der Waals surface area contributed by atoms with Crippen molar-refractivity contribution in [2.45, 2.75) is 12.8 Å². The van der Waals surface area contributed by atoms with Crippen LogP contribution in [0.5, 0.6) is 0 Å². The molecule has 0 saturated carbocycles. The molecule has 3 nitrogen and oxygen atoms in total. The fraction of sp³-hybridized carbons (Fsp3) is 0.357. The maximum absolute atomic E-state index is 5.77. The van der Waals surface area contributed by atoms with Gasteiger partial charge in [0.1, 0.15) is 7.85 Å². The Morgan fingerprint density at radius 2 is 2.33 bits per heavy atom. The largest absolute Gasteiger partial charge is 0.377 e. The van der Waals surface area contributed by atoms with Crippen molar-refractivity contribution in [1.29, 1.82) is 0 Å². The topological polar surface area (TPSA) is 20.5 Å². The average molecular weight is 235 g/mol. The molecule has 2 aliphatic rings. The molecule has 2 aromatic heterocycles. The molecule has 0 aromatic carbocycles. The third-order valence-electron chi connectivity index (χ3n) is 4.01. The highest BCUT2D eigenvalue weighted by atomic mass is 15.2. The van der Waals surface area contributed by atoms with Gasteiger partial charge in [0.2, 0.25) is 0 Å². The smallest absolute Gasteiger partial charge is 0.116 e. The van der Waals surface area contributed by atoms with Gasteiger partial charge in [0.25, 0.3) is 0 Å². The monoisotopic (exact) mass is 235 g/mol. The Balaban J connectivity index is 1.65. The van der Waals surface area contributed by atoms with E-state index < -0.39 is 0 Å². The summed E-state index contributed by atoms with van der Waals surface area (Å²) in [5, 5.41) is 4.62. The zero-order valence-electron chi connectivity index (χ0n) is 10.2. The van der Waals surface area contributed by atoms with Crippen molar-refractivity contribution >= 4 is 18.8 Å². The fourth-order valence-electron chi connectivity index (χ4n) is 3.09. The van der Waals surface area contributed by atoms with E-state index in [2.05, 4.69) is 28.3 Å². The van der Waals surface area contributed by atoms with Crippen molar-refractivity contribution in [2.75, 3.05) is 13.1 Å². The maximum Gasteiger partial charge on any atom is 0.116 e. The minimum atomic E-state index is 0.761. The number of rotatable bonds is 2. The molecule has 2 radical (unpaired) electrons. The van der Waals surface area contributed by atoms with Crippen molar-refractivity contribution < 1.29 is 0 Å². The first-order chi connectivity index (χ1) is 8.78. The van der Waals surface area contributed by atoms with E-state index in [9.17, 15) is 0 Å². The van der Waals surface area contributed by atoms with Crippen LogP contribution < -0.4 is 5.46 Å². The van der Waals surface area contributed by atoms with Gasteiger partial charge < -0.3 is 4.90 Å². The third-order valence-corrected chi connectivity index (χ3v) is 4.01. The number of hydrogen-bond donors (Lipinski definition) is 0. The van der Waals surface area contributed by atoms with Crippen LogP contribution in [0.2, 0.25) is 0 Å². The summed E-state index contributed by atoms with van der Waals surface area (Å²) in [5.41, 5.74) is 4.48. The van der Waals surface area contributed by atoms with Gasteiger partial charge in [0.05, 0.1) is 11.2 Å². The molecule has 4 rings (SSSR count). The van der Waals surface area contributed by atoms with Crippen LogP contribution in [0.25, 0.3) is 5.52 Å². The van der Waals surface area contributed by atoms with Gasteiger partial charge in [0, 0.05) is 31.6 Å². The molecule has 2 aliphatic heterocycles. The summed E-state index contributed by atoms with van der Waals surface area (Å²) in [4.78, 5) is 2.42. The number of fused-ring (bicyclic) bond motifs is 3. The van der Waals surface area contributed by atoms with E-state index in [1.165, 1.54) is 25.1 Å². The summed E-state index contributed by atoms with van der Waals surface area (Å²) >= 11 is 0. The lowest BCUT2D eigenvalue weighted by Gasteiger charge is -2.13. The Morgan fingerprint density at radius 3 is 3.11 bits per heavy atom. The molecule has 1 unspecified atom stereocenters. The van der Waals surface area contributed by atoms with E-state index >= 15 is 0 Å². The van der Waals surface area contributed by atoms with E-state index in [1.807, 2.05) is 16.8 Å². The third kappa shape index (κ3) is 1.56. The maximum atomic E-state index is 5.77. The number of aromatic nitrogens is 2. The van der Waals surface area contributed by atoms with Gasteiger partial charge in [-0.05, 0) is 36.4 Å². The Kier molecular flexibility index (Phi) is 2.07.